The number of aliphatic imine (C=N–C) groups is 1. The highest BCUT2D eigenvalue weighted by atomic mass is 32.2. The molecule has 2 aromatic rings. The van der Waals surface area contributed by atoms with Crippen LogP contribution in [0.4, 0.5) is 0 Å². The molecule has 3 heterocycles. The first-order valence-electron chi connectivity index (χ1n) is 7.10. The highest BCUT2D eigenvalue weighted by Crippen LogP contribution is 2.43. The quantitative estimate of drug-likeness (QED) is 0.938. The maximum absolute atomic E-state index is 9.33. The van der Waals surface area contributed by atoms with Crippen molar-refractivity contribution in [2.45, 2.75) is 13.3 Å². The van der Waals surface area contributed by atoms with E-state index in [1.165, 1.54) is 31.1 Å². The Morgan fingerprint density at radius 3 is 3.10 bits per heavy atom. The summed E-state index contributed by atoms with van der Waals surface area (Å²) in [4.78, 5) is 9.44. The normalized spacial score (nSPS) is 17.8. The first-order valence-corrected chi connectivity index (χ1v) is 8.74. The van der Waals surface area contributed by atoms with Gasteiger partial charge in [0, 0.05) is 34.1 Å². The summed E-state index contributed by atoms with van der Waals surface area (Å²) in [6.45, 7) is 4.16. The third-order valence-corrected chi connectivity index (χ3v) is 6.01. The summed E-state index contributed by atoms with van der Waals surface area (Å²) in [5.41, 5.74) is 2.49. The van der Waals surface area contributed by atoms with Gasteiger partial charge in [-0.3, -0.25) is 4.99 Å². The summed E-state index contributed by atoms with van der Waals surface area (Å²) < 4.78 is 1.33. The van der Waals surface area contributed by atoms with E-state index in [1.54, 1.807) is 11.8 Å². The van der Waals surface area contributed by atoms with Gasteiger partial charge in [-0.25, -0.2) is 0 Å². The Kier molecular flexibility index (Phi) is 3.28. The fraction of sp³-hybridized carbons (Fsp3) is 0.312. The minimum Gasteiger partial charge on any atom is -0.396 e. The number of nitrogens with zero attached hydrogens (tertiary/aromatic N) is 2. The molecule has 21 heavy (non-hydrogen) atoms. The predicted octanol–water partition coefficient (Wildman–Crippen LogP) is 3.68. The largest absolute Gasteiger partial charge is 0.396 e. The third-order valence-electron chi connectivity index (χ3n) is 3.80. The van der Waals surface area contributed by atoms with Crippen LogP contribution in [0.2, 0.25) is 0 Å². The standard InChI is InChI=1S/C16H16N2OS2/c1-10-8-12-9-11(2-3-13(12)20-10)15-14(4-7-19)21-16-17-5-6-18(15)16/h2-3,8-9,19H,4-7H2,1H3. The number of hydrogen-bond acceptors (Lipinski definition) is 5. The van der Waals surface area contributed by atoms with Gasteiger partial charge in [0.1, 0.15) is 0 Å². The van der Waals surface area contributed by atoms with Crippen LogP contribution < -0.4 is 0 Å². The minimum atomic E-state index is 0.187. The van der Waals surface area contributed by atoms with Crippen LogP contribution in [0, 0.1) is 6.92 Å². The minimum absolute atomic E-state index is 0.187. The van der Waals surface area contributed by atoms with Crippen LogP contribution in [0.3, 0.4) is 0 Å². The van der Waals surface area contributed by atoms with Crippen LogP contribution in [0.25, 0.3) is 15.8 Å². The number of thioether (sulfide) groups is 1. The molecule has 0 bridgehead atoms. The second kappa shape index (κ2) is 5.16. The molecule has 1 aromatic heterocycles. The van der Waals surface area contributed by atoms with Crippen molar-refractivity contribution in [2.24, 2.45) is 4.99 Å². The lowest BCUT2D eigenvalue weighted by Gasteiger charge is -2.17. The molecule has 2 aliphatic rings. The van der Waals surface area contributed by atoms with Gasteiger partial charge in [-0.05, 0) is 36.1 Å². The lowest BCUT2D eigenvalue weighted by Crippen LogP contribution is -2.20. The zero-order valence-electron chi connectivity index (χ0n) is 11.8. The number of aliphatic hydroxyl groups is 1. The summed E-state index contributed by atoms with van der Waals surface area (Å²) in [6, 6.07) is 8.93. The summed E-state index contributed by atoms with van der Waals surface area (Å²) in [6.07, 6.45) is 0.705. The smallest absolute Gasteiger partial charge is 0.168 e. The van der Waals surface area contributed by atoms with E-state index in [2.05, 4.69) is 41.1 Å². The molecule has 0 saturated heterocycles. The first-order chi connectivity index (χ1) is 10.3. The molecular weight excluding hydrogens is 300 g/mol. The van der Waals surface area contributed by atoms with Gasteiger partial charge in [-0.15, -0.1) is 11.3 Å². The average Bonchev–Trinajstić information content (AvgIpc) is 3.10. The Morgan fingerprint density at radius 2 is 2.24 bits per heavy atom. The van der Waals surface area contributed by atoms with Crippen LogP contribution in [-0.2, 0) is 0 Å². The Hall–Kier alpha value is -1.30. The molecule has 0 unspecified atom stereocenters. The molecule has 5 heteroatoms. The maximum atomic E-state index is 9.33. The number of fused-ring (bicyclic) bond motifs is 2. The van der Waals surface area contributed by atoms with E-state index in [1.807, 2.05) is 11.3 Å². The molecule has 4 rings (SSSR count). The number of amidine groups is 1. The second-order valence-corrected chi connectivity index (χ2v) is 7.62. The number of benzene rings is 1. The molecule has 0 fully saturated rings. The van der Waals surface area contributed by atoms with Crippen LogP contribution in [-0.4, -0.2) is 34.9 Å². The van der Waals surface area contributed by atoms with Gasteiger partial charge in [-0.2, -0.15) is 0 Å². The molecule has 0 radical (unpaired) electrons. The number of hydrogen-bond donors (Lipinski definition) is 1. The summed E-state index contributed by atoms with van der Waals surface area (Å²) in [7, 11) is 0. The molecule has 0 aliphatic carbocycles. The molecular formula is C16H16N2OS2. The predicted molar refractivity (Wildman–Crippen MR) is 91.8 cm³/mol. The van der Waals surface area contributed by atoms with Crippen LogP contribution >= 0.6 is 23.1 Å². The maximum Gasteiger partial charge on any atom is 0.168 e. The lowest BCUT2D eigenvalue weighted by molar-refractivity contribution is 0.301. The van der Waals surface area contributed by atoms with Crippen molar-refractivity contribution < 1.29 is 5.11 Å². The molecule has 2 aliphatic heterocycles. The van der Waals surface area contributed by atoms with Crippen LogP contribution in [0.15, 0.2) is 34.2 Å². The van der Waals surface area contributed by atoms with E-state index < -0.39 is 0 Å². The fourth-order valence-corrected chi connectivity index (χ4v) is 5.03. The number of thiophene rings is 1. The highest BCUT2D eigenvalue weighted by molar-refractivity contribution is 8.17. The molecule has 108 valence electrons. The number of aliphatic hydroxyl groups excluding tert-OH is 1. The van der Waals surface area contributed by atoms with E-state index in [0.717, 1.165) is 18.3 Å². The average molecular weight is 316 g/mol. The Morgan fingerprint density at radius 1 is 1.33 bits per heavy atom. The van der Waals surface area contributed by atoms with E-state index in [4.69, 9.17) is 0 Å². The Bertz CT molecular complexity index is 776. The van der Waals surface area contributed by atoms with Gasteiger partial charge < -0.3 is 10.0 Å². The van der Waals surface area contributed by atoms with E-state index in [-0.39, 0.29) is 6.61 Å². The van der Waals surface area contributed by atoms with Crippen molar-refractivity contribution in [3.8, 4) is 0 Å². The zero-order chi connectivity index (χ0) is 14.4. The van der Waals surface area contributed by atoms with Gasteiger partial charge in [-0.1, -0.05) is 17.8 Å². The molecule has 0 saturated carbocycles. The zero-order valence-corrected chi connectivity index (χ0v) is 13.4. The summed E-state index contributed by atoms with van der Waals surface area (Å²) in [5, 5.41) is 11.7. The van der Waals surface area contributed by atoms with E-state index in [0.29, 0.717) is 6.42 Å². The van der Waals surface area contributed by atoms with Crippen LogP contribution in [0.1, 0.15) is 16.9 Å². The van der Waals surface area contributed by atoms with E-state index in [9.17, 15) is 5.11 Å². The summed E-state index contributed by atoms with van der Waals surface area (Å²) >= 11 is 3.55. The lowest BCUT2D eigenvalue weighted by atomic mass is 10.1. The molecule has 0 atom stereocenters. The molecule has 1 aromatic carbocycles. The second-order valence-electron chi connectivity index (χ2n) is 5.27. The van der Waals surface area contributed by atoms with Crippen molar-refractivity contribution >= 4 is 44.0 Å². The van der Waals surface area contributed by atoms with Crippen molar-refractivity contribution in [2.75, 3.05) is 19.7 Å². The van der Waals surface area contributed by atoms with Crippen molar-refractivity contribution in [3.63, 3.8) is 0 Å². The SMILES string of the molecule is Cc1cc2cc(C3=C(CCO)SC4=NCCN43)ccc2s1. The topological polar surface area (TPSA) is 35.8 Å². The number of aryl methyl sites for hydroxylation is 1. The monoisotopic (exact) mass is 316 g/mol. The Balaban J connectivity index is 1.83. The fourth-order valence-electron chi connectivity index (χ4n) is 2.94. The van der Waals surface area contributed by atoms with E-state index >= 15 is 0 Å². The summed E-state index contributed by atoms with van der Waals surface area (Å²) in [5.74, 6) is 0. The molecule has 3 nitrogen and oxygen atoms in total. The molecule has 0 amide bonds. The van der Waals surface area contributed by atoms with Crippen molar-refractivity contribution in [1.82, 2.24) is 4.90 Å². The van der Waals surface area contributed by atoms with Gasteiger partial charge in [0.15, 0.2) is 5.17 Å². The van der Waals surface area contributed by atoms with Gasteiger partial charge in [0.2, 0.25) is 0 Å². The van der Waals surface area contributed by atoms with Gasteiger partial charge in [0.25, 0.3) is 0 Å². The molecule has 0 spiro atoms. The van der Waals surface area contributed by atoms with Crippen molar-refractivity contribution in [3.05, 3.63) is 39.6 Å². The Labute approximate surface area is 132 Å². The molecule has 1 N–H and O–H groups in total. The van der Waals surface area contributed by atoms with Gasteiger partial charge >= 0.3 is 0 Å². The first kappa shape index (κ1) is 13.4. The van der Waals surface area contributed by atoms with Crippen LogP contribution in [0.5, 0.6) is 0 Å². The van der Waals surface area contributed by atoms with Gasteiger partial charge in [0.05, 0.1) is 12.2 Å². The third kappa shape index (κ3) is 2.20. The number of rotatable bonds is 3. The van der Waals surface area contributed by atoms with Crippen molar-refractivity contribution in [1.29, 1.82) is 0 Å². The highest BCUT2D eigenvalue weighted by Gasteiger charge is 2.32.